The quantitative estimate of drug-likeness (QED) is 0.735. The first-order chi connectivity index (χ1) is 8.19. The number of carbonyl (C=O) groups is 1. The Kier molecular flexibility index (Phi) is 4.98. The van der Waals surface area contributed by atoms with Crippen LogP contribution in [0.1, 0.15) is 18.9 Å². The second-order valence-corrected chi connectivity index (χ2v) is 3.58. The van der Waals surface area contributed by atoms with Crippen molar-refractivity contribution in [1.29, 1.82) is 5.26 Å². The fourth-order valence-electron chi connectivity index (χ4n) is 1.26. The molecule has 1 unspecified atom stereocenters. The molecule has 0 saturated heterocycles. The van der Waals surface area contributed by atoms with Crippen molar-refractivity contribution in [2.24, 2.45) is 0 Å². The van der Waals surface area contributed by atoms with E-state index in [0.29, 0.717) is 17.7 Å². The van der Waals surface area contributed by atoms with Crippen LogP contribution in [0.4, 0.5) is 10.5 Å². The summed E-state index contributed by atoms with van der Waals surface area (Å²) < 4.78 is 0. The van der Waals surface area contributed by atoms with Crippen LogP contribution in [0.25, 0.3) is 0 Å². The molecule has 17 heavy (non-hydrogen) atoms. The van der Waals surface area contributed by atoms with E-state index in [0.717, 1.165) is 0 Å². The van der Waals surface area contributed by atoms with Gasteiger partial charge in [-0.25, -0.2) is 4.79 Å². The third kappa shape index (κ3) is 4.13. The summed E-state index contributed by atoms with van der Waals surface area (Å²) in [6, 6.07) is 7.94. The van der Waals surface area contributed by atoms with Gasteiger partial charge in [-0.15, -0.1) is 0 Å². The number of nitrogens with one attached hydrogen (secondary N) is 2. The van der Waals surface area contributed by atoms with Crippen molar-refractivity contribution in [3.05, 3.63) is 29.8 Å². The van der Waals surface area contributed by atoms with Crippen molar-refractivity contribution >= 4 is 11.7 Å². The van der Waals surface area contributed by atoms with Crippen LogP contribution in [-0.4, -0.2) is 23.8 Å². The SMILES string of the molecule is CCC(CO)NC(=O)Nc1ccc(C#N)cc1. The third-order valence-electron chi connectivity index (χ3n) is 2.32. The summed E-state index contributed by atoms with van der Waals surface area (Å²) >= 11 is 0. The fourth-order valence-corrected chi connectivity index (χ4v) is 1.26. The second-order valence-electron chi connectivity index (χ2n) is 3.58. The molecule has 0 fully saturated rings. The fraction of sp³-hybridized carbons (Fsp3) is 0.333. The molecule has 5 nitrogen and oxygen atoms in total. The van der Waals surface area contributed by atoms with Crippen LogP contribution in [0.15, 0.2) is 24.3 Å². The Balaban J connectivity index is 2.53. The number of urea groups is 1. The van der Waals surface area contributed by atoms with E-state index >= 15 is 0 Å². The molecule has 3 N–H and O–H groups in total. The van der Waals surface area contributed by atoms with Gasteiger partial charge in [-0.1, -0.05) is 6.92 Å². The van der Waals surface area contributed by atoms with Crippen LogP contribution < -0.4 is 10.6 Å². The minimum absolute atomic E-state index is 0.0860. The highest BCUT2D eigenvalue weighted by Gasteiger charge is 2.08. The Morgan fingerprint density at radius 2 is 2.12 bits per heavy atom. The Hall–Kier alpha value is -2.06. The molecule has 1 rings (SSSR count). The Morgan fingerprint density at radius 3 is 2.59 bits per heavy atom. The van der Waals surface area contributed by atoms with E-state index in [-0.39, 0.29) is 18.7 Å². The van der Waals surface area contributed by atoms with Gasteiger partial charge in [0.25, 0.3) is 0 Å². The molecule has 0 aliphatic rings. The molecular formula is C12H15N3O2. The molecule has 0 bridgehead atoms. The van der Waals surface area contributed by atoms with Crippen LogP contribution >= 0.6 is 0 Å². The van der Waals surface area contributed by atoms with E-state index < -0.39 is 0 Å². The Bertz CT molecular complexity index is 405. The van der Waals surface area contributed by atoms with Crippen molar-refractivity contribution in [2.45, 2.75) is 19.4 Å². The summed E-state index contributed by atoms with van der Waals surface area (Å²) in [5.41, 5.74) is 1.15. The van der Waals surface area contributed by atoms with Crippen LogP contribution in [0.5, 0.6) is 0 Å². The number of nitrogens with zero attached hydrogens (tertiary/aromatic N) is 1. The molecule has 0 saturated carbocycles. The first kappa shape index (κ1) is 13.0. The summed E-state index contributed by atoms with van der Waals surface area (Å²) in [7, 11) is 0. The summed E-state index contributed by atoms with van der Waals surface area (Å²) in [6.45, 7) is 1.79. The molecule has 1 aromatic carbocycles. The van der Waals surface area contributed by atoms with Crippen molar-refractivity contribution in [3.63, 3.8) is 0 Å². The average Bonchev–Trinajstić information content (AvgIpc) is 2.37. The van der Waals surface area contributed by atoms with E-state index in [1.165, 1.54) is 0 Å². The zero-order chi connectivity index (χ0) is 12.7. The van der Waals surface area contributed by atoms with Gasteiger partial charge in [0.2, 0.25) is 0 Å². The average molecular weight is 233 g/mol. The number of hydrogen-bond acceptors (Lipinski definition) is 3. The minimum atomic E-state index is -0.365. The van der Waals surface area contributed by atoms with E-state index in [1.807, 2.05) is 13.0 Å². The maximum atomic E-state index is 11.5. The summed E-state index contributed by atoms with van der Waals surface area (Å²) in [6.07, 6.45) is 0.664. The molecule has 5 heteroatoms. The second kappa shape index (κ2) is 6.51. The lowest BCUT2D eigenvalue weighted by atomic mass is 10.2. The number of hydrogen-bond donors (Lipinski definition) is 3. The van der Waals surface area contributed by atoms with E-state index in [4.69, 9.17) is 10.4 Å². The molecule has 0 aromatic heterocycles. The summed E-state index contributed by atoms with van der Waals surface area (Å²) in [5.74, 6) is 0. The molecule has 1 aromatic rings. The Labute approximate surface area is 100 Å². The standard InChI is InChI=1S/C12H15N3O2/c1-2-10(8-16)14-12(17)15-11-5-3-9(7-13)4-6-11/h3-6,10,16H,2,8H2,1H3,(H2,14,15,17). The molecule has 0 radical (unpaired) electrons. The predicted molar refractivity (Wildman–Crippen MR) is 64.5 cm³/mol. The van der Waals surface area contributed by atoms with Crippen molar-refractivity contribution in [3.8, 4) is 6.07 Å². The number of carbonyl (C=O) groups excluding carboxylic acids is 1. The topological polar surface area (TPSA) is 85.2 Å². The van der Waals surface area contributed by atoms with E-state index in [1.54, 1.807) is 24.3 Å². The van der Waals surface area contributed by atoms with Crippen LogP contribution in [0.2, 0.25) is 0 Å². The van der Waals surface area contributed by atoms with E-state index in [9.17, 15) is 4.79 Å². The summed E-state index contributed by atoms with van der Waals surface area (Å²) in [5, 5.41) is 22.8. The number of benzene rings is 1. The lowest BCUT2D eigenvalue weighted by Crippen LogP contribution is -2.39. The van der Waals surface area contributed by atoms with Gasteiger partial charge >= 0.3 is 6.03 Å². The van der Waals surface area contributed by atoms with Gasteiger partial charge in [-0.2, -0.15) is 5.26 Å². The first-order valence-corrected chi connectivity index (χ1v) is 5.38. The molecule has 0 heterocycles. The van der Waals surface area contributed by atoms with Gasteiger partial charge in [0.05, 0.1) is 24.3 Å². The van der Waals surface area contributed by atoms with Crippen molar-refractivity contribution in [2.75, 3.05) is 11.9 Å². The van der Waals surface area contributed by atoms with Gasteiger partial charge in [0, 0.05) is 5.69 Å². The lowest BCUT2D eigenvalue weighted by Gasteiger charge is -2.14. The van der Waals surface area contributed by atoms with Gasteiger partial charge in [0.1, 0.15) is 0 Å². The number of anilines is 1. The highest BCUT2D eigenvalue weighted by Crippen LogP contribution is 2.08. The zero-order valence-corrected chi connectivity index (χ0v) is 9.60. The number of amides is 2. The zero-order valence-electron chi connectivity index (χ0n) is 9.60. The van der Waals surface area contributed by atoms with Crippen LogP contribution in [0.3, 0.4) is 0 Å². The molecule has 0 spiro atoms. The molecule has 2 amide bonds. The van der Waals surface area contributed by atoms with Gasteiger partial charge < -0.3 is 15.7 Å². The minimum Gasteiger partial charge on any atom is -0.394 e. The van der Waals surface area contributed by atoms with Gasteiger partial charge in [-0.3, -0.25) is 0 Å². The number of aliphatic hydroxyl groups is 1. The smallest absolute Gasteiger partial charge is 0.319 e. The Morgan fingerprint density at radius 1 is 1.47 bits per heavy atom. The highest BCUT2D eigenvalue weighted by atomic mass is 16.3. The molecule has 0 aliphatic heterocycles. The predicted octanol–water partition coefficient (Wildman–Crippen LogP) is 1.45. The number of rotatable bonds is 4. The van der Waals surface area contributed by atoms with Crippen LogP contribution in [0, 0.1) is 11.3 Å². The van der Waals surface area contributed by atoms with Gasteiger partial charge in [0.15, 0.2) is 0 Å². The largest absolute Gasteiger partial charge is 0.394 e. The normalized spacial score (nSPS) is 11.4. The highest BCUT2D eigenvalue weighted by molar-refractivity contribution is 5.89. The van der Waals surface area contributed by atoms with Crippen molar-refractivity contribution in [1.82, 2.24) is 5.32 Å². The third-order valence-corrected chi connectivity index (χ3v) is 2.32. The number of aliphatic hydroxyl groups excluding tert-OH is 1. The van der Waals surface area contributed by atoms with Gasteiger partial charge in [-0.05, 0) is 30.7 Å². The van der Waals surface area contributed by atoms with Crippen LogP contribution in [-0.2, 0) is 0 Å². The maximum Gasteiger partial charge on any atom is 0.319 e. The van der Waals surface area contributed by atoms with E-state index in [2.05, 4.69) is 10.6 Å². The monoisotopic (exact) mass is 233 g/mol. The molecule has 1 atom stereocenters. The first-order valence-electron chi connectivity index (χ1n) is 5.38. The molecule has 0 aliphatic carbocycles. The maximum absolute atomic E-state index is 11.5. The number of nitriles is 1. The molecular weight excluding hydrogens is 218 g/mol. The molecule has 90 valence electrons. The summed E-state index contributed by atoms with van der Waals surface area (Å²) in [4.78, 5) is 11.5. The lowest BCUT2D eigenvalue weighted by molar-refractivity contribution is 0.222. The van der Waals surface area contributed by atoms with Crippen molar-refractivity contribution < 1.29 is 9.90 Å².